The minimum Gasteiger partial charge on any atom is -0.372 e. The molecule has 0 amide bonds. The first-order chi connectivity index (χ1) is 6.29. The minimum atomic E-state index is 0.204. The van der Waals surface area contributed by atoms with E-state index in [1.165, 1.54) is 0 Å². The second-order valence-corrected chi connectivity index (χ2v) is 3.05. The second kappa shape index (κ2) is 3.05. The van der Waals surface area contributed by atoms with Crippen LogP contribution in [0.15, 0.2) is 12.1 Å². The third-order valence-electron chi connectivity index (χ3n) is 2.16. The summed E-state index contributed by atoms with van der Waals surface area (Å²) in [5.41, 5.74) is 1.99. The van der Waals surface area contributed by atoms with Crippen LogP contribution in [0.2, 0.25) is 0 Å². The third kappa shape index (κ3) is 1.47. The van der Waals surface area contributed by atoms with Crippen LogP contribution in [-0.2, 0) is 4.79 Å². The summed E-state index contributed by atoms with van der Waals surface area (Å²) in [6.07, 6.45) is 3.14. The molecule has 0 saturated carbocycles. The topological polar surface area (TPSA) is 57.8 Å². The quantitative estimate of drug-likeness (QED) is 0.713. The Morgan fingerprint density at radius 2 is 2.38 bits per heavy atom. The number of anilines is 1. The van der Waals surface area contributed by atoms with Crippen LogP contribution in [0.5, 0.6) is 0 Å². The van der Waals surface area contributed by atoms with Gasteiger partial charge in [0.25, 0.3) is 0 Å². The van der Waals surface area contributed by atoms with Gasteiger partial charge in [-0.05, 0) is 18.1 Å². The van der Waals surface area contributed by atoms with Crippen LogP contribution in [0.1, 0.15) is 18.5 Å². The van der Waals surface area contributed by atoms with E-state index in [1.54, 1.807) is 6.08 Å². The molecule has 1 heterocycles. The lowest BCUT2D eigenvalue weighted by molar-refractivity contribution is -0.114. The zero-order valence-corrected chi connectivity index (χ0v) is 7.42. The molecule has 1 aromatic heterocycles. The Kier molecular flexibility index (Phi) is 1.88. The predicted octanol–water partition coefficient (Wildman–Crippen LogP) is 1.20. The standard InChI is InChI=1S/C9H11N3O/c1-10-9-5-8(11-12-9)6-2-3-7(13)4-6/h4-5H,2-3H2,1H3,(H2,10,11,12). The highest BCUT2D eigenvalue weighted by molar-refractivity contribution is 6.01. The van der Waals surface area contributed by atoms with Crippen molar-refractivity contribution in [3.8, 4) is 0 Å². The van der Waals surface area contributed by atoms with Gasteiger partial charge >= 0.3 is 0 Å². The van der Waals surface area contributed by atoms with Crippen molar-refractivity contribution in [3.05, 3.63) is 17.8 Å². The molecule has 2 N–H and O–H groups in total. The zero-order valence-electron chi connectivity index (χ0n) is 7.42. The molecule has 0 atom stereocenters. The van der Waals surface area contributed by atoms with Gasteiger partial charge in [0, 0.05) is 19.5 Å². The van der Waals surface area contributed by atoms with Crippen molar-refractivity contribution >= 4 is 17.2 Å². The Hall–Kier alpha value is -1.58. The van der Waals surface area contributed by atoms with E-state index in [0.29, 0.717) is 6.42 Å². The summed E-state index contributed by atoms with van der Waals surface area (Å²) in [7, 11) is 1.81. The Morgan fingerprint density at radius 3 is 2.92 bits per heavy atom. The van der Waals surface area contributed by atoms with Crippen LogP contribution in [0.3, 0.4) is 0 Å². The molecule has 0 aromatic carbocycles. The van der Waals surface area contributed by atoms with E-state index in [9.17, 15) is 4.79 Å². The van der Waals surface area contributed by atoms with Crippen LogP contribution >= 0.6 is 0 Å². The Labute approximate surface area is 76.0 Å². The average molecular weight is 177 g/mol. The maximum atomic E-state index is 11.0. The molecular weight excluding hydrogens is 166 g/mol. The molecule has 0 unspecified atom stereocenters. The van der Waals surface area contributed by atoms with Crippen molar-refractivity contribution in [3.63, 3.8) is 0 Å². The number of nitrogens with one attached hydrogen (secondary N) is 2. The molecule has 68 valence electrons. The van der Waals surface area contributed by atoms with Crippen molar-refractivity contribution in [2.75, 3.05) is 12.4 Å². The number of hydrogen-bond donors (Lipinski definition) is 2. The van der Waals surface area contributed by atoms with Gasteiger partial charge in [0.15, 0.2) is 5.78 Å². The molecule has 2 rings (SSSR count). The summed E-state index contributed by atoms with van der Waals surface area (Å²) in [5.74, 6) is 1.01. The SMILES string of the molecule is CNc1cc(C2=CC(=O)CC2)[nH]n1. The van der Waals surface area contributed by atoms with E-state index < -0.39 is 0 Å². The van der Waals surface area contributed by atoms with Crippen LogP contribution in [0.4, 0.5) is 5.82 Å². The van der Waals surface area contributed by atoms with Crippen molar-refractivity contribution < 1.29 is 4.79 Å². The number of carbonyl (C=O) groups is 1. The fraction of sp³-hybridized carbons (Fsp3) is 0.333. The molecule has 13 heavy (non-hydrogen) atoms. The molecule has 0 fully saturated rings. The van der Waals surface area contributed by atoms with Crippen molar-refractivity contribution in [1.82, 2.24) is 10.2 Å². The number of rotatable bonds is 2. The van der Waals surface area contributed by atoms with Crippen molar-refractivity contribution in [2.24, 2.45) is 0 Å². The van der Waals surface area contributed by atoms with E-state index in [-0.39, 0.29) is 5.78 Å². The first-order valence-corrected chi connectivity index (χ1v) is 4.26. The van der Waals surface area contributed by atoms with Gasteiger partial charge in [-0.3, -0.25) is 9.89 Å². The monoisotopic (exact) mass is 177 g/mol. The van der Waals surface area contributed by atoms with Crippen LogP contribution in [-0.4, -0.2) is 23.0 Å². The molecule has 0 aliphatic heterocycles. The molecule has 0 bridgehead atoms. The molecule has 0 spiro atoms. The number of ketones is 1. The zero-order chi connectivity index (χ0) is 9.26. The molecular formula is C9H11N3O. The fourth-order valence-corrected chi connectivity index (χ4v) is 1.42. The molecule has 0 saturated heterocycles. The van der Waals surface area contributed by atoms with Crippen molar-refractivity contribution in [2.45, 2.75) is 12.8 Å². The highest BCUT2D eigenvalue weighted by atomic mass is 16.1. The number of H-pyrrole nitrogens is 1. The molecule has 0 radical (unpaired) electrons. The van der Waals surface area contributed by atoms with E-state index in [2.05, 4.69) is 15.5 Å². The van der Waals surface area contributed by atoms with Crippen LogP contribution in [0.25, 0.3) is 5.57 Å². The summed E-state index contributed by atoms with van der Waals surface area (Å²) in [5, 5.41) is 9.83. The molecule has 1 aliphatic carbocycles. The summed E-state index contributed by atoms with van der Waals surface area (Å²) >= 11 is 0. The summed E-state index contributed by atoms with van der Waals surface area (Å²) < 4.78 is 0. The molecule has 4 heteroatoms. The lowest BCUT2D eigenvalue weighted by Crippen LogP contribution is -1.85. The van der Waals surface area contributed by atoms with E-state index in [1.807, 2.05) is 13.1 Å². The Morgan fingerprint density at radius 1 is 1.54 bits per heavy atom. The Bertz CT molecular complexity index is 365. The number of allylic oxidation sites excluding steroid dienone is 2. The molecule has 1 aromatic rings. The van der Waals surface area contributed by atoms with Gasteiger partial charge in [0.05, 0.1) is 5.69 Å². The first kappa shape index (κ1) is 8.04. The van der Waals surface area contributed by atoms with Gasteiger partial charge < -0.3 is 5.32 Å². The average Bonchev–Trinajstić information content (AvgIpc) is 2.71. The number of aromatic nitrogens is 2. The minimum absolute atomic E-state index is 0.204. The number of hydrogen-bond acceptors (Lipinski definition) is 3. The predicted molar refractivity (Wildman–Crippen MR) is 50.4 cm³/mol. The van der Waals surface area contributed by atoms with Gasteiger partial charge in [0.1, 0.15) is 5.82 Å². The van der Waals surface area contributed by atoms with Gasteiger partial charge in [-0.25, -0.2) is 0 Å². The maximum Gasteiger partial charge on any atom is 0.156 e. The fourth-order valence-electron chi connectivity index (χ4n) is 1.42. The summed E-state index contributed by atoms with van der Waals surface area (Å²) in [6, 6.07) is 1.91. The third-order valence-corrected chi connectivity index (χ3v) is 2.16. The lowest BCUT2D eigenvalue weighted by Gasteiger charge is -1.92. The molecule has 4 nitrogen and oxygen atoms in total. The highest BCUT2D eigenvalue weighted by Gasteiger charge is 2.14. The van der Waals surface area contributed by atoms with Gasteiger partial charge in [0.2, 0.25) is 0 Å². The van der Waals surface area contributed by atoms with Gasteiger partial charge in [-0.1, -0.05) is 0 Å². The Balaban J connectivity index is 2.26. The van der Waals surface area contributed by atoms with Gasteiger partial charge in [-0.2, -0.15) is 5.10 Å². The number of nitrogens with zero attached hydrogens (tertiary/aromatic N) is 1. The van der Waals surface area contributed by atoms with Gasteiger partial charge in [-0.15, -0.1) is 0 Å². The second-order valence-electron chi connectivity index (χ2n) is 3.05. The highest BCUT2D eigenvalue weighted by Crippen LogP contribution is 2.25. The smallest absolute Gasteiger partial charge is 0.156 e. The number of carbonyl (C=O) groups excluding carboxylic acids is 1. The summed E-state index contributed by atoms with van der Waals surface area (Å²) in [6.45, 7) is 0. The van der Waals surface area contributed by atoms with Crippen molar-refractivity contribution in [1.29, 1.82) is 0 Å². The summed E-state index contributed by atoms with van der Waals surface area (Å²) in [4.78, 5) is 11.0. The van der Waals surface area contributed by atoms with Crippen LogP contribution < -0.4 is 5.32 Å². The number of aromatic amines is 1. The maximum absolute atomic E-state index is 11.0. The normalized spacial score (nSPS) is 16.1. The van der Waals surface area contributed by atoms with E-state index in [4.69, 9.17) is 0 Å². The lowest BCUT2D eigenvalue weighted by atomic mass is 10.2. The first-order valence-electron chi connectivity index (χ1n) is 4.26. The van der Waals surface area contributed by atoms with E-state index in [0.717, 1.165) is 23.5 Å². The van der Waals surface area contributed by atoms with E-state index >= 15 is 0 Å². The largest absolute Gasteiger partial charge is 0.372 e. The molecule has 1 aliphatic rings. The van der Waals surface area contributed by atoms with Crippen LogP contribution in [0, 0.1) is 0 Å².